The molecule has 6 heteroatoms. The molecule has 100 valence electrons. The Labute approximate surface area is 103 Å². The normalized spacial score (nSPS) is 12.1. The van der Waals surface area contributed by atoms with Gasteiger partial charge in [-0.2, -0.15) is 0 Å². The molecule has 0 aliphatic carbocycles. The maximum Gasteiger partial charge on any atom is 0.316 e. The van der Waals surface area contributed by atoms with Gasteiger partial charge in [0.15, 0.2) is 0 Å². The SMILES string of the molecule is CC(C)C(CN)C(=O)NCCNC(=O)N(C)C. The zero-order chi connectivity index (χ0) is 13.4. The van der Waals surface area contributed by atoms with Crippen LogP contribution in [0.2, 0.25) is 0 Å². The first-order valence-corrected chi connectivity index (χ1v) is 5.83. The molecule has 1 atom stereocenters. The van der Waals surface area contributed by atoms with Crippen molar-refractivity contribution in [3.05, 3.63) is 0 Å². The highest BCUT2D eigenvalue weighted by atomic mass is 16.2. The van der Waals surface area contributed by atoms with Gasteiger partial charge in [-0.15, -0.1) is 0 Å². The van der Waals surface area contributed by atoms with Crippen molar-refractivity contribution in [2.24, 2.45) is 17.6 Å². The summed E-state index contributed by atoms with van der Waals surface area (Å²) in [5, 5.41) is 5.42. The Kier molecular flexibility index (Phi) is 7.29. The lowest BCUT2D eigenvalue weighted by Gasteiger charge is -2.18. The van der Waals surface area contributed by atoms with E-state index in [2.05, 4.69) is 10.6 Å². The molecular formula is C11H24N4O2. The van der Waals surface area contributed by atoms with Gasteiger partial charge in [0.25, 0.3) is 0 Å². The highest BCUT2D eigenvalue weighted by molar-refractivity contribution is 5.79. The monoisotopic (exact) mass is 244 g/mol. The van der Waals surface area contributed by atoms with E-state index in [1.54, 1.807) is 14.1 Å². The number of nitrogens with one attached hydrogen (secondary N) is 2. The molecular weight excluding hydrogens is 220 g/mol. The van der Waals surface area contributed by atoms with Crippen LogP contribution in [0, 0.1) is 11.8 Å². The van der Waals surface area contributed by atoms with Crippen LogP contribution in [-0.2, 0) is 4.79 Å². The van der Waals surface area contributed by atoms with E-state index in [1.165, 1.54) is 4.90 Å². The van der Waals surface area contributed by atoms with Crippen molar-refractivity contribution in [2.75, 3.05) is 33.7 Å². The van der Waals surface area contributed by atoms with Crippen molar-refractivity contribution in [1.29, 1.82) is 0 Å². The molecule has 1 unspecified atom stereocenters. The number of carbonyl (C=O) groups excluding carboxylic acids is 2. The second-order valence-corrected chi connectivity index (χ2v) is 4.50. The first-order chi connectivity index (χ1) is 7.90. The van der Waals surface area contributed by atoms with Gasteiger partial charge in [-0.1, -0.05) is 13.8 Å². The molecule has 0 spiro atoms. The van der Waals surface area contributed by atoms with Crippen LogP contribution < -0.4 is 16.4 Å². The second kappa shape index (κ2) is 7.89. The van der Waals surface area contributed by atoms with Crippen molar-refractivity contribution >= 4 is 11.9 Å². The number of hydrogen-bond acceptors (Lipinski definition) is 3. The Balaban J connectivity index is 3.82. The molecule has 0 rings (SSSR count). The maximum absolute atomic E-state index is 11.7. The molecule has 0 saturated heterocycles. The predicted octanol–water partition coefficient (Wildman–Crippen LogP) is -0.395. The number of rotatable bonds is 6. The number of carbonyl (C=O) groups is 2. The molecule has 0 aromatic carbocycles. The summed E-state index contributed by atoms with van der Waals surface area (Å²) in [4.78, 5) is 24.3. The molecule has 6 nitrogen and oxygen atoms in total. The lowest BCUT2D eigenvalue weighted by atomic mass is 9.95. The van der Waals surface area contributed by atoms with Crippen LogP contribution in [0.1, 0.15) is 13.8 Å². The minimum absolute atomic E-state index is 0.0541. The van der Waals surface area contributed by atoms with E-state index >= 15 is 0 Å². The average Bonchev–Trinajstić information content (AvgIpc) is 2.24. The molecule has 0 aromatic heterocycles. The fourth-order valence-electron chi connectivity index (χ4n) is 1.33. The van der Waals surface area contributed by atoms with Gasteiger partial charge in [0.05, 0.1) is 5.92 Å². The summed E-state index contributed by atoms with van der Waals surface area (Å²) in [5.41, 5.74) is 5.53. The molecule has 0 aromatic rings. The molecule has 4 N–H and O–H groups in total. The van der Waals surface area contributed by atoms with E-state index in [1.807, 2.05) is 13.8 Å². The average molecular weight is 244 g/mol. The van der Waals surface area contributed by atoms with Crippen molar-refractivity contribution in [3.63, 3.8) is 0 Å². The summed E-state index contributed by atoms with van der Waals surface area (Å²) < 4.78 is 0. The molecule has 0 radical (unpaired) electrons. The van der Waals surface area contributed by atoms with Crippen LogP contribution in [-0.4, -0.2) is 50.6 Å². The van der Waals surface area contributed by atoms with Gasteiger partial charge in [-0.25, -0.2) is 4.79 Å². The maximum atomic E-state index is 11.7. The van der Waals surface area contributed by atoms with Gasteiger partial charge >= 0.3 is 6.03 Å². The van der Waals surface area contributed by atoms with Gasteiger partial charge in [-0.05, 0) is 5.92 Å². The van der Waals surface area contributed by atoms with E-state index in [-0.39, 0.29) is 23.8 Å². The van der Waals surface area contributed by atoms with Crippen molar-refractivity contribution in [2.45, 2.75) is 13.8 Å². The Hall–Kier alpha value is -1.30. The summed E-state index contributed by atoms with van der Waals surface area (Å²) in [6.07, 6.45) is 0. The Morgan fingerprint density at radius 1 is 1.18 bits per heavy atom. The van der Waals surface area contributed by atoms with Crippen LogP contribution in [0.15, 0.2) is 0 Å². The summed E-state index contributed by atoms with van der Waals surface area (Å²) in [6.45, 7) is 5.10. The largest absolute Gasteiger partial charge is 0.354 e. The first-order valence-electron chi connectivity index (χ1n) is 5.83. The fraction of sp³-hybridized carbons (Fsp3) is 0.818. The third-order valence-electron chi connectivity index (χ3n) is 2.50. The van der Waals surface area contributed by atoms with Crippen molar-refractivity contribution < 1.29 is 9.59 Å². The Morgan fingerprint density at radius 3 is 2.12 bits per heavy atom. The molecule has 0 heterocycles. The van der Waals surface area contributed by atoms with Crippen molar-refractivity contribution in [3.8, 4) is 0 Å². The lowest BCUT2D eigenvalue weighted by Crippen LogP contribution is -2.43. The standard InChI is InChI=1S/C11H24N4O2/c1-8(2)9(7-12)10(16)13-5-6-14-11(17)15(3)4/h8-9H,5-7,12H2,1-4H3,(H,13,16)(H,14,17). The molecule has 0 fully saturated rings. The van der Waals surface area contributed by atoms with Crippen LogP contribution >= 0.6 is 0 Å². The number of amides is 3. The molecule has 0 aliphatic rings. The zero-order valence-corrected chi connectivity index (χ0v) is 11.1. The van der Waals surface area contributed by atoms with Gasteiger partial charge in [-0.3, -0.25) is 4.79 Å². The van der Waals surface area contributed by atoms with Crippen LogP contribution in [0.4, 0.5) is 4.79 Å². The quantitative estimate of drug-likeness (QED) is 0.556. The van der Waals surface area contributed by atoms with Crippen LogP contribution in [0.3, 0.4) is 0 Å². The topological polar surface area (TPSA) is 87.5 Å². The third-order valence-corrected chi connectivity index (χ3v) is 2.50. The van der Waals surface area contributed by atoms with Crippen LogP contribution in [0.5, 0.6) is 0 Å². The van der Waals surface area contributed by atoms with Gasteiger partial charge in [0.1, 0.15) is 0 Å². The summed E-state index contributed by atoms with van der Waals surface area (Å²) in [6, 6.07) is -0.168. The van der Waals surface area contributed by atoms with Gasteiger partial charge in [0.2, 0.25) is 5.91 Å². The molecule has 0 aliphatic heterocycles. The minimum Gasteiger partial charge on any atom is -0.354 e. The van der Waals surface area contributed by atoms with Crippen LogP contribution in [0.25, 0.3) is 0 Å². The fourth-order valence-corrected chi connectivity index (χ4v) is 1.33. The summed E-state index contributed by atoms with van der Waals surface area (Å²) in [7, 11) is 3.33. The number of hydrogen-bond donors (Lipinski definition) is 3. The van der Waals surface area contributed by atoms with Crippen molar-refractivity contribution in [1.82, 2.24) is 15.5 Å². The van der Waals surface area contributed by atoms with E-state index < -0.39 is 0 Å². The minimum atomic E-state index is -0.168. The van der Waals surface area contributed by atoms with Gasteiger partial charge in [0, 0.05) is 33.7 Å². The molecule has 0 bridgehead atoms. The third kappa shape index (κ3) is 6.11. The highest BCUT2D eigenvalue weighted by Gasteiger charge is 2.19. The zero-order valence-electron chi connectivity index (χ0n) is 11.1. The molecule has 17 heavy (non-hydrogen) atoms. The molecule has 0 saturated carbocycles. The second-order valence-electron chi connectivity index (χ2n) is 4.50. The van der Waals surface area contributed by atoms with Gasteiger partial charge < -0.3 is 21.3 Å². The summed E-state index contributed by atoms with van der Waals surface area (Å²) in [5.74, 6) is -0.00230. The Bertz CT molecular complexity index is 254. The van der Waals surface area contributed by atoms with E-state index in [9.17, 15) is 9.59 Å². The number of nitrogens with two attached hydrogens (primary N) is 1. The smallest absolute Gasteiger partial charge is 0.316 e. The van der Waals surface area contributed by atoms with E-state index in [0.717, 1.165) is 0 Å². The summed E-state index contributed by atoms with van der Waals surface area (Å²) >= 11 is 0. The number of urea groups is 1. The lowest BCUT2D eigenvalue weighted by molar-refractivity contribution is -0.125. The highest BCUT2D eigenvalue weighted by Crippen LogP contribution is 2.08. The predicted molar refractivity (Wildman–Crippen MR) is 67.5 cm³/mol. The Morgan fingerprint density at radius 2 is 1.71 bits per heavy atom. The van der Waals surface area contributed by atoms with E-state index in [4.69, 9.17) is 5.73 Å². The molecule has 3 amide bonds. The van der Waals surface area contributed by atoms with E-state index in [0.29, 0.717) is 19.6 Å². The number of nitrogens with zero attached hydrogens (tertiary/aromatic N) is 1. The first kappa shape index (κ1) is 15.7.